The molecule has 2 aromatic carbocycles. The molecule has 2 heterocycles. The van der Waals surface area contributed by atoms with Crippen molar-refractivity contribution in [2.45, 2.75) is 89.9 Å². The Morgan fingerprint density at radius 3 is 2.32 bits per heavy atom. The van der Waals surface area contributed by atoms with Gasteiger partial charge in [0.25, 0.3) is 0 Å². The van der Waals surface area contributed by atoms with E-state index in [9.17, 15) is 4.79 Å². The number of hydrogen-bond donors (Lipinski definition) is 1. The average molecular weight is 599 g/mol. The summed E-state index contributed by atoms with van der Waals surface area (Å²) in [5.74, 6) is 0.187. The minimum Gasteiger partial charge on any atom is -0.356 e. The molecule has 5 heteroatoms. The standard InChI is InChI=1S/C36H49N3O.Ni/c1-7-8-9-16-26-37-34(40)25-11-10-17-27-39-31-22-15-13-20-29(31)36(4,5)33(39)24-18-23-32-35(2,3)28-19-12-14-21-30(28)38(32)6;/h12-15,18-24H,1,7-11,16-17,25-27H2,2-6H3,(H,37,40);. The summed E-state index contributed by atoms with van der Waals surface area (Å²) in [6.45, 7) is 14.9. The predicted octanol–water partition coefficient (Wildman–Crippen LogP) is 8.00. The van der Waals surface area contributed by atoms with Gasteiger partial charge in [-0.1, -0.05) is 75.6 Å². The van der Waals surface area contributed by atoms with E-state index in [1.807, 2.05) is 0 Å². The largest absolute Gasteiger partial charge is 0.356 e. The van der Waals surface area contributed by atoms with E-state index >= 15 is 0 Å². The zero-order valence-electron chi connectivity index (χ0n) is 25.7. The Morgan fingerprint density at radius 2 is 1.59 bits per heavy atom. The second kappa shape index (κ2) is 14.5. The van der Waals surface area contributed by atoms with Gasteiger partial charge in [-0.05, 0) is 50.8 Å². The molecule has 0 aliphatic carbocycles. The monoisotopic (exact) mass is 597 g/mol. The fraction of sp³-hybridized carbons (Fsp3) is 0.472. The number of rotatable bonds is 13. The Hall–Kier alpha value is -2.65. The summed E-state index contributed by atoms with van der Waals surface area (Å²) in [6, 6.07) is 17.5. The van der Waals surface area contributed by atoms with Crippen molar-refractivity contribution < 1.29 is 25.9 Å². The van der Waals surface area contributed by atoms with Crippen LogP contribution in [0.25, 0.3) is 0 Å². The normalized spacial score (nSPS) is 17.6. The number of allylic oxidation sites excluding steroid dienone is 4. The summed E-state index contributed by atoms with van der Waals surface area (Å²) in [4.78, 5) is 14.7. The Kier molecular flexibility index (Phi) is 11.6. The van der Waals surface area contributed by atoms with Gasteiger partial charge in [-0.15, -0.1) is 0 Å². The SMILES string of the molecule is [CH2-]CCCCCNC(=O)CCCCCN1/C(=C/C=C/C2=[N+](C)c3ccccc3C2(C)C)C(C)(C)c2ccccc21.[Ni]. The number of carbonyl (C=O) groups is 1. The average Bonchev–Trinajstić information content (AvgIpc) is 3.27. The summed E-state index contributed by atoms with van der Waals surface area (Å²) in [6.07, 6.45) is 14.8. The molecule has 1 N–H and O–H groups in total. The van der Waals surface area contributed by atoms with E-state index in [0.717, 1.165) is 58.0 Å². The number of amides is 1. The first-order valence-corrected chi connectivity index (χ1v) is 15.2. The first kappa shape index (κ1) is 32.9. The molecule has 4 nitrogen and oxygen atoms in total. The minimum atomic E-state index is -0.0701. The van der Waals surface area contributed by atoms with E-state index in [4.69, 9.17) is 0 Å². The maximum absolute atomic E-state index is 12.2. The molecule has 2 aromatic rings. The Morgan fingerprint density at radius 1 is 0.902 bits per heavy atom. The second-order valence-corrected chi connectivity index (χ2v) is 12.4. The number of unbranched alkanes of at least 4 members (excludes halogenated alkanes) is 5. The number of hydrogen-bond acceptors (Lipinski definition) is 2. The first-order chi connectivity index (χ1) is 19.2. The van der Waals surface area contributed by atoms with Gasteiger partial charge in [0.15, 0.2) is 5.71 Å². The van der Waals surface area contributed by atoms with Gasteiger partial charge in [-0.2, -0.15) is 11.0 Å². The summed E-state index contributed by atoms with van der Waals surface area (Å²) in [5, 5.41) is 3.07. The van der Waals surface area contributed by atoms with Crippen LogP contribution in [0.1, 0.15) is 90.2 Å². The molecule has 41 heavy (non-hydrogen) atoms. The van der Waals surface area contributed by atoms with Crippen LogP contribution in [-0.2, 0) is 32.1 Å². The molecule has 0 bridgehead atoms. The van der Waals surface area contributed by atoms with Crippen molar-refractivity contribution in [1.29, 1.82) is 0 Å². The molecule has 2 aliphatic rings. The Balaban J connectivity index is 0.00000462. The van der Waals surface area contributed by atoms with Crippen molar-refractivity contribution in [3.05, 3.63) is 90.5 Å². The number of fused-ring (bicyclic) bond motifs is 2. The summed E-state index contributed by atoms with van der Waals surface area (Å²) in [5.41, 5.74) is 7.90. The first-order valence-electron chi connectivity index (χ1n) is 15.2. The molecule has 0 saturated carbocycles. The number of benzene rings is 2. The molecule has 0 fully saturated rings. The molecular weight excluding hydrogens is 549 g/mol. The van der Waals surface area contributed by atoms with E-state index < -0.39 is 0 Å². The van der Waals surface area contributed by atoms with Gasteiger partial charge in [0, 0.05) is 70.5 Å². The Labute approximate surface area is 258 Å². The van der Waals surface area contributed by atoms with Crippen molar-refractivity contribution in [2.24, 2.45) is 0 Å². The summed E-state index contributed by atoms with van der Waals surface area (Å²) in [7, 11) is 2.17. The van der Waals surface area contributed by atoms with Crippen LogP contribution in [-0.4, -0.2) is 36.3 Å². The van der Waals surface area contributed by atoms with Crippen molar-refractivity contribution >= 4 is 23.0 Å². The van der Waals surface area contributed by atoms with E-state index in [1.165, 1.54) is 33.9 Å². The van der Waals surface area contributed by atoms with Gasteiger partial charge >= 0.3 is 0 Å². The van der Waals surface area contributed by atoms with E-state index in [1.54, 1.807) is 0 Å². The van der Waals surface area contributed by atoms with Crippen molar-refractivity contribution in [1.82, 2.24) is 5.32 Å². The van der Waals surface area contributed by atoms with Gasteiger partial charge < -0.3 is 17.1 Å². The third-order valence-electron chi connectivity index (χ3n) is 8.78. The van der Waals surface area contributed by atoms with E-state index in [2.05, 4.69) is 123 Å². The van der Waals surface area contributed by atoms with Crippen molar-refractivity contribution in [3.63, 3.8) is 0 Å². The zero-order chi connectivity index (χ0) is 28.8. The number of nitrogens with one attached hydrogen (secondary N) is 1. The molecule has 0 atom stereocenters. The molecule has 0 aromatic heterocycles. The maximum Gasteiger partial charge on any atom is 0.219 e. The Bertz CT molecular complexity index is 1290. The van der Waals surface area contributed by atoms with Crippen LogP contribution < -0.4 is 10.2 Å². The topological polar surface area (TPSA) is 35.4 Å². The summed E-state index contributed by atoms with van der Waals surface area (Å²) >= 11 is 0. The number of anilines is 1. The molecule has 1 amide bonds. The van der Waals surface area contributed by atoms with Gasteiger partial charge in [0.1, 0.15) is 7.05 Å². The second-order valence-electron chi connectivity index (χ2n) is 12.4. The third-order valence-corrected chi connectivity index (χ3v) is 8.78. The van der Waals surface area contributed by atoms with Crippen LogP contribution in [0, 0.1) is 6.92 Å². The van der Waals surface area contributed by atoms with Gasteiger partial charge in [-0.3, -0.25) is 4.79 Å². The molecular formula is C36H49N3NiO. The molecule has 224 valence electrons. The predicted molar refractivity (Wildman–Crippen MR) is 170 cm³/mol. The number of para-hydroxylation sites is 2. The van der Waals surface area contributed by atoms with E-state index in [0.29, 0.717) is 6.42 Å². The van der Waals surface area contributed by atoms with Crippen LogP contribution in [0.15, 0.2) is 72.5 Å². The molecule has 0 radical (unpaired) electrons. The molecule has 4 rings (SSSR count). The number of carbonyl (C=O) groups excluding carboxylic acids is 1. The number of nitrogens with zero attached hydrogens (tertiary/aromatic N) is 2. The summed E-state index contributed by atoms with van der Waals surface area (Å²) < 4.78 is 2.33. The minimum absolute atomic E-state index is 0. The van der Waals surface area contributed by atoms with Crippen LogP contribution >= 0.6 is 0 Å². The third kappa shape index (κ3) is 7.23. The molecule has 2 aliphatic heterocycles. The van der Waals surface area contributed by atoms with Crippen LogP contribution in [0.5, 0.6) is 0 Å². The van der Waals surface area contributed by atoms with Crippen LogP contribution in [0.4, 0.5) is 11.4 Å². The quantitative estimate of drug-likeness (QED) is 0.110. The van der Waals surface area contributed by atoms with Crippen LogP contribution in [0.3, 0.4) is 0 Å². The maximum atomic E-state index is 12.2. The fourth-order valence-electron chi connectivity index (χ4n) is 6.44. The fourth-order valence-corrected chi connectivity index (χ4v) is 6.44. The van der Waals surface area contributed by atoms with Gasteiger partial charge in [-0.25, -0.2) is 0 Å². The van der Waals surface area contributed by atoms with Gasteiger partial charge in [0.05, 0.1) is 5.41 Å². The molecule has 0 saturated heterocycles. The van der Waals surface area contributed by atoms with Crippen molar-refractivity contribution in [2.75, 3.05) is 25.0 Å². The van der Waals surface area contributed by atoms with Crippen LogP contribution in [0.2, 0.25) is 0 Å². The molecule has 0 spiro atoms. The molecule has 0 unspecified atom stereocenters. The zero-order valence-corrected chi connectivity index (χ0v) is 26.7. The van der Waals surface area contributed by atoms with Gasteiger partial charge in [0.2, 0.25) is 11.6 Å². The van der Waals surface area contributed by atoms with E-state index in [-0.39, 0.29) is 33.2 Å². The smallest absolute Gasteiger partial charge is 0.219 e. The van der Waals surface area contributed by atoms with Crippen molar-refractivity contribution in [3.8, 4) is 0 Å².